The molecule has 0 saturated heterocycles. The molecule has 3 rings (SSSR count). The van der Waals surface area contributed by atoms with Gasteiger partial charge in [-0.3, -0.25) is 14.6 Å². The summed E-state index contributed by atoms with van der Waals surface area (Å²) in [5.74, 6) is -0.641. The highest BCUT2D eigenvalue weighted by Crippen LogP contribution is 2.22. The first-order valence-corrected chi connectivity index (χ1v) is 9.18. The topological polar surface area (TPSA) is 149 Å². The molecule has 0 radical (unpaired) electrons. The summed E-state index contributed by atoms with van der Waals surface area (Å²) < 4.78 is 0. The van der Waals surface area contributed by atoms with Crippen molar-refractivity contribution in [2.75, 3.05) is 10.6 Å². The second-order valence-electron chi connectivity index (χ2n) is 7.09. The van der Waals surface area contributed by atoms with E-state index in [4.69, 9.17) is 11.5 Å². The normalized spacial score (nSPS) is 12.0. The molecule has 2 aromatic heterocycles. The molecule has 6 N–H and O–H groups in total. The van der Waals surface area contributed by atoms with Gasteiger partial charge in [0.2, 0.25) is 5.91 Å². The van der Waals surface area contributed by atoms with Gasteiger partial charge in [0.05, 0.1) is 23.6 Å². The SMILES string of the molecule is CC(C)CC(Nc1nc(Nc2cnc3ccccc3c2)cnc1C(N)=O)C(N)=O. The number of nitrogens with one attached hydrogen (secondary N) is 2. The minimum atomic E-state index is -0.758. The fraction of sp³-hybridized carbons (Fsp3) is 0.250. The molecular formula is C20H23N7O2. The quantitative estimate of drug-likeness (QED) is 0.458. The number of benzene rings is 1. The van der Waals surface area contributed by atoms with Crippen LogP contribution < -0.4 is 22.1 Å². The number of fused-ring (bicyclic) bond motifs is 1. The zero-order chi connectivity index (χ0) is 21.0. The number of hydrogen-bond acceptors (Lipinski definition) is 7. The van der Waals surface area contributed by atoms with E-state index in [1.807, 2.05) is 44.2 Å². The number of nitrogens with zero attached hydrogens (tertiary/aromatic N) is 3. The molecule has 150 valence electrons. The predicted octanol–water partition coefficient (Wildman–Crippen LogP) is 2.18. The standard InChI is InChI=1S/C20H23N7O2/c1-11(2)7-15(18(21)28)26-20-17(19(22)29)24-10-16(27-20)25-13-8-12-5-3-4-6-14(12)23-9-13/h3-6,8-11,15H,7H2,1-2H3,(H2,21,28)(H2,22,29)(H2,25,26,27). The summed E-state index contributed by atoms with van der Waals surface area (Å²) in [4.78, 5) is 36.4. The number of aromatic nitrogens is 3. The lowest BCUT2D eigenvalue weighted by molar-refractivity contribution is -0.119. The summed E-state index contributed by atoms with van der Waals surface area (Å²) >= 11 is 0. The maximum absolute atomic E-state index is 11.8. The van der Waals surface area contributed by atoms with Crippen molar-refractivity contribution in [2.24, 2.45) is 17.4 Å². The summed E-state index contributed by atoms with van der Waals surface area (Å²) in [6.45, 7) is 3.92. The molecule has 0 saturated carbocycles. The number of anilines is 3. The van der Waals surface area contributed by atoms with Gasteiger partial charge in [-0.15, -0.1) is 0 Å². The highest BCUT2D eigenvalue weighted by atomic mass is 16.1. The molecule has 0 fully saturated rings. The van der Waals surface area contributed by atoms with Crippen LogP contribution in [-0.2, 0) is 4.79 Å². The molecule has 29 heavy (non-hydrogen) atoms. The Bertz CT molecular complexity index is 1050. The molecule has 3 aromatic rings. The van der Waals surface area contributed by atoms with Crippen LogP contribution in [0.3, 0.4) is 0 Å². The second-order valence-corrected chi connectivity index (χ2v) is 7.09. The number of nitrogens with two attached hydrogens (primary N) is 2. The van der Waals surface area contributed by atoms with Crippen molar-refractivity contribution in [3.63, 3.8) is 0 Å². The Kier molecular flexibility index (Phi) is 5.87. The minimum Gasteiger partial charge on any atom is -0.368 e. The third-order valence-electron chi connectivity index (χ3n) is 4.23. The molecule has 1 aromatic carbocycles. The zero-order valence-electron chi connectivity index (χ0n) is 16.2. The van der Waals surface area contributed by atoms with Gasteiger partial charge in [-0.05, 0) is 24.5 Å². The molecule has 0 bridgehead atoms. The number of rotatable bonds is 8. The van der Waals surface area contributed by atoms with E-state index in [9.17, 15) is 9.59 Å². The van der Waals surface area contributed by atoms with Crippen LogP contribution in [-0.4, -0.2) is 32.8 Å². The number of para-hydroxylation sites is 1. The van der Waals surface area contributed by atoms with Crippen LogP contribution in [0.2, 0.25) is 0 Å². The largest absolute Gasteiger partial charge is 0.368 e. The van der Waals surface area contributed by atoms with E-state index in [2.05, 4.69) is 25.6 Å². The molecule has 0 aliphatic heterocycles. The van der Waals surface area contributed by atoms with E-state index in [1.165, 1.54) is 6.20 Å². The highest BCUT2D eigenvalue weighted by molar-refractivity contribution is 5.96. The van der Waals surface area contributed by atoms with E-state index in [-0.39, 0.29) is 17.4 Å². The number of hydrogen-bond donors (Lipinski definition) is 4. The molecule has 2 heterocycles. The fourth-order valence-corrected chi connectivity index (χ4v) is 2.90. The molecule has 1 atom stereocenters. The van der Waals surface area contributed by atoms with Crippen LogP contribution in [0.15, 0.2) is 42.7 Å². The number of carbonyl (C=O) groups excluding carboxylic acids is 2. The van der Waals surface area contributed by atoms with Crippen molar-refractivity contribution in [3.05, 3.63) is 48.4 Å². The fourth-order valence-electron chi connectivity index (χ4n) is 2.90. The first-order valence-electron chi connectivity index (χ1n) is 9.18. The number of carbonyl (C=O) groups is 2. The Hall–Kier alpha value is -3.75. The minimum absolute atomic E-state index is 0.0674. The van der Waals surface area contributed by atoms with Crippen LogP contribution in [0, 0.1) is 5.92 Å². The van der Waals surface area contributed by atoms with Crippen LogP contribution >= 0.6 is 0 Å². The van der Waals surface area contributed by atoms with Gasteiger partial charge in [-0.1, -0.05) is 32.0 Å². The Balaban J connectivity index is 1.90. The van der Waals surface area contributed by atoms with Gasteiger partial charge in [0.15, 0.2) is 17.3 Å². The van der Waals surface area contributed by atoms with Crippen molar-refractivity contribution < 1.29 is 9.59 Å². The van der Waals surface area contributed by atoms with E-state index < -0.39 is 17.9 Å². The third-order valence-corrected chi connectivity index (χ3v) is 4.23. The second kappa shape index (κ2) is 8.51. The molecule has 0 aliphatic carbocycles. The van der Waals surface area contributed by atoms with Crippen molar-refractivity contribution >= 4 is 40.0 Å². The van der Waals surface area contributed by atoms with Gasteiger partial charge < -0.3 is 22.1 Å². The Morgan fingerprint density at radius 3 is 2.55 bits per heavy atom. The third kappa shape index (κ3) is 4.95. The number of pyridine rings is 1. The van der Waals surface area contributed by atoms with Crippen LogP contribution in [0.4, 0.5) is 17.3 Å². The van der Waals surface area contributed by atoms with Crippen molar-refractivity contribution in [3.8, 4) is 0 Å². The molecule has 9 nitrogen and oxygen atoms in total. The summed E-state index contributed by atoms with van der Waals surface area (Å²) in [5, 5.41) is 6.97. The Morgan fingerprint density at radius 1 is 1.10 bits per heavy atom. The maximum Gasteiger partial charge on any atom is 0.271 e. The summed E-state index contributed by atoms with van der Waals surface area (Å²) in [5.41, 5.74) is 12.4. The van der Waals surface area contributed by atoms with Gasteiger partial charge in [-0.25, -0.2) is 9.97 Å². The molecule has 0 aliphatic rings. The van der Waals surface area contributed by atoms with Crippen LogP contribution in [0.5, 0.6) is 0 Å². The molecule has 0 spiro atoms. The number of primary amides is 2. The zero-order valence-corrected chi connectivity index (χ0v) is 16.2. The maximum atomic E-state index is 11.8. The van der Waals surface area contributed by atoms with Gasteiger partial charge in [0, 0.05) is 5.39 Å². The Morgan fingerprint density at radius 2 is 1.86 bits per heavy atom. The summed E-state index contributed by atoms with van der Waals surface area (Å²) in [6.07, 6.45) is 3.54. The Labute approximate surface area is 167 Å². The lowest BCUT2D eigenvalue weighted by Gasteiger charge is -2.19. The molecule has 9 heteroatoms. The van der Waals surface area contributed by atoms with Crippen molar-refractivity contribution in [1.29, 1.82) is 0 Å². The van der Waals surface area contributed by atoms with Crippen molar-refractivity contribution in [2.45, 2.75) is 26.3 Å². The average molecular weight is 393 g/mol. The van der Waals surface area contributed by atoms with E-state index >= 15 is 0 Å². The predicted molar refractivity (Wildman–Crippen MR) is 112 cm³/mol. The highest BCUT2D eigenvalue weighted by Gasteiger charge is 2.21. The van der Waals surface area contributed by atoms with E-state index in [1.54, 1.807) is 6.20 Å². The van der Waals surface area contributed by atoms with Gasteiger partial charge >= 0.3 is 0 Å². The lowest BCUT2D eigenvalue weighted by Crippen LogP contribution is -2.37. The van der Waals surface area contributed by atoms with Gasteiger partial charge in [0.1, 0.15) is 6.04 Å². The first-order chi connectivity index (χ1) is 13.8. The smallest absolute Gasteiger partial charge is 0.271 e. The lowest BCUT2D eigenvalue weighted by atomic mass is 10.0. The monoisotopic (exact) mass is 393 g/mol. The van der Waals surface area contributed by atoms with Crippen LogP contribution in [0.25, 0.3) is 10.9 Å². The number of amides is 2. The molecule has 1 unspecified atom stereocenters. The van der Waals surface area contributed by atoms with Gasteiger partial charge in [0.25, 0.3) is 5.91 Å². The van der Waals surface area contributed by atoms with Gasteiger partial charge in [-0.2, -0.15) is 0 Å². The average Bonchev–Trinajstić information content (AvgIpc) is 2.67. The van der Waals surface area contributed by atoms with E-state index in [0.717, 1.165) is 10.9 Å². The van der Waals surface area contributed by atoms with Crippen molar-refractivity contribution in [1.82, 2.24) is 15.0 Å². The first kappa shape index (κ1) is 20.0. The molecular weight excluding hydrogens is 370 g/mol. The van der Waals surface area contributed by atoms with Crippen LogP contribution in [0.1, 0.15) is 30.8 Å². The van der Waals surface area contributed by atoms with E-state index in [0.29, 0.717) is 17.9 Å². The molecule has 2 amide bonds. The summed E-state index contributed by atoms with van der Waals surface area (Å²) in [7, 11) is 0. The summed E-state index contributed by atoms with van der Waals surface area (Å²) in [6, 6.07) is 8.92.